The number of carbonyl (C=O) groups is 1. The monoisotopic (exact) mass is 327 g/mol. The van der Waals surface area contributed by atoms with Crippen molar-refractivity contribution in [2.45, 2.75) is 4.90 Å². The highest BCUT2D eigenvalue weighted by atomic mass is 35.5. The second-order valence-electron chi connectivity index (χ2n) is 3.91. The van der Waals surface area contributed by atoms with Gasteiger partial charge < -0.3 is 11.1 Å². The Morgan fingerprint density at radius 3 is 2.55 bits per heavy atom. The Hall–Kier alpha value is -1.43. The largest absolute Gasteiger partial charge is 0.384 e. The lowest BCUT2D eigenvalue weighted by Gasteiger charge is -2.06. The first kappa shape index (κ1) is 15.0. The third kappa shape index (κ3) is 4.59. The molecule has 1 aromatic carbocycles. The maximum Gasteiger partial charge on any atom is 0.234 e. The zero-order valence-corrected chi connectivity index (χ0v) is 12.6. The van der Waals surface area contributed by atoms with Gasteiger partial charge in [-0.25, -0.2) is 4.98 Å². The second kappa shape index (κ2) is 6.83. The van der Waals surface area contributed by atoms with Gasteiger partial charge in [-0.1, -0.05) is 23.2 Å². The molecule has 0 bridgehead atoms. The van der Waals surface area contributed by atoms with Crippen LogP contribution in [0.4, 0.5) is 11.5 Å². The molecule has 0 spiro atoms. The van der Waals surface area contributed by atoms with Crippen LogP contribution in [0.1, 0.15) is 0 Å². The molecule has 0 fully saturated rings. The quantitative estimate of drug-likeness (QED) is 0.840. The van der Waals surface area contributed by atoms with Crippen LogP contribution in [0, 0.1) is 0 Å². The van der Waals surface area contributed by atoms with Gasteiger partial charge in [0.2, 0.25) is 5.91 Å². The predicted molar refractivity (Wildman–Crippen MR) is 84.5 cm³/mol. The first-order valence-corrected chi connectivity index (χ1v) is 7.37. The van der Waals surface area contributed by atoms with Crippen LogP contribution >= 0.6 is 35.0 Å². The number of anilines is 2. The SMILES string of the molecule is Nc1ccc(SCC(=O)Nc2cc(Cl)cc(Cl)c2)cn1. The van der Waals surface area contributed by atoms with E-state index in [-0.39, 0.29) is 11.7 Å². The van der Waals surface area contributed by atoms with Crippen LogP contribution in [-0.4, -0.2) is 16.6 Å². The number of pyridine rings is 1. The highest BCUT2D eigenvalue weighted by Crippen LogP contribution is 2.23. The van der Waals surface area contributed by atoms with E-state index in [1.54, 1.807) is 30.5 Å². The Bertz CT molecular complexity index is 599. The Labute approximate surface area is 130 Å². The fraction of sp³-hybridized carbons (Fsp3) is 0.0769. The average Bonchev–Trinajstić information content (AvgIpc) is 2.37. The molecule has 7 heteroatoms. The second-order valence-corrected chi connectivity index (χ2v) is 5.84. The summed E-state index contributed by atoms with van der Waals surface area (Å²) in [5.74, 6) is 0.563. The van der Waals surface area contributed by atoms with Gasteiger partial charge in [0.25, 0.3) is 0 Å². The van der Waals surface area contributed by atoms with E-state index in [9.17, 15) is 4.79 Å². The number of carbonyl (C=O) groups excluding carboxylic acids is 1. The summed E-state index contributed by atoms with van der Waals surface area (Å²) in [6.45, 7) is 0. The van der Waals surface area contributed by atoms with Crippen molar-refractivity contribution < 1.29 is 4.79 Å². The fourth-order valence-corrected chi connectivity index (χ4v) is 2.64. The van der Waals surface area contributed by atoms with Gasteiger partial charge in [-0.15, -0.1) is 11.8 Å². The number of amides is 1. The molecule has 0 aliphatic heterocycles. The Morgan fingerprint density at radius 2 is 1.95 bits per heavy atom. The standard InChI is InChI=1S/C13H11Cl2N3OS/c14-8-3-9(15)5-10(4-8)18-13(19)7-20-11-1-2-12(16)17-6-11/h1-6H,7H2,(H2,16,17)(H,18,19). The third-order valence-corrected chi connectivity index (χ3v) is 3.69. The Morgan fingerprint density at radius 1 is 1.25 bits per heavy atom. The smallest absolute Gasteiger partial charge is 0.234 e. The molecule has 0 radical (unpaired) electrons. The number of nitrogens with two attached hydrogens (primary N) is 1. The van der Waals surface area contributed by atoms with E-state index in [4.69, 9.17) is 28.9 Å². The minimum absolute atomic E-state index is 0.148. The van der Waals surface area contributed by atoms with E-state index in [1.165, 1.54) is 11.8 Å². The lowest BCUT2D eigenvalue weighted by molar-refractivity contribution is -0.113. The first-order chi connectivity index (χ1) is 9.52. The Kier molecular flexibility index (Phi) is 5.11. The first-order valence-electron chi connectivity index (χ1n) is 5.63. The zero-order valence-electron chi connectivity index (χ0n) is 10.3. The summed E-state index contributed by atoms with van der Waals surface area (Å²) in [6, 6.07) is 8.39. The molecular formula is C13H11Cl2N3OS. The number of halogens is 2. The van der Waals surface area contributed by atoms with Gasteiger partial charge in [-0.05, 0) is 30.3 Å². The molecule has 0 atom stereocenters. The van der Waals surface area contributed by atoms with Crippen LogP contribution in [0.5, 0.6) is 0 Å². The van der Waals surface area contributed by atoms with E-state index in [0.717, 1.165) is 4.90 Å². The number of aromatic nitrogens is 1. The lowest BCUT2D eigenvalue weighted by Crippen LogP contribution is -2.13. The van der Waals surface area contributed by atoms with Gasteiger partial charge in [0.05, 0.1) is 5.75 Å². The molecule has 104 valence electrons. The summed E-state index contributed by atoms with van der Waals surface area (Å²) in [5, 5.41) is 3.68. The number of rotatable bonds is 4. The number of nitrogens with one attached hydrogen (secondary N) is 1. The summed E-state index contributed by atoms with van der Waals surface area (Å²) in [5.41, 5.74) is 6.06. The number of nitrogen functional groups attached to an aromatic ring is 1. The molecule has 1 aromatic heterocycles. The minimum Gasteiger partial charge on any atom is -0.384 e. The summed E-state index contributed by atoms with van der Waals surface area (Å²) < 4.78 is 0. The molecule has 2 rings (SSSR count). The lowest BCUT2D eigenvalue weighted by atomic mass is 10.3. The maximum atomic E-state index is 11.8. The number of hydrogen-bond donors (Lipinski definition) is 2. The molecule has 20 heavy (non-hydrogen) atoms. The van der Waals surface area contributed by atoms with Gasteiger partial charge in [-0.3, -0.25) is 4.79 Å². The van der Waals surface area contributed by atoms with E-state index >= 15 is 0 Å². The molecule has 0 saturated heterocycles. The van der Waals surface area contributed by atoms with Crippen molar-refractivity contribution in [2.75, 3.05) is 16.8 Å². The Balaban J connectivity index is 1.90. The molecule has 0 unspecified atom stereocenters. The average molecular weight is 328 g/mol. The highest BCUT2D eigenvalue weighted by molar-refractivity contribution is 8.00. The number of thioether (sulfide) groups is 1. The molecule has 0 aliphatic rings. The molecule has 0 saturated carbocycles. The molecule has 2 aromatic rings. The maximum absolute atomic E-state index is 11.8. The molecular weight excluding hydrogens is 317 g/mol. The van der Waals surface area contributed by atoms with E-state index in [2.05, 4.69) is 10.3 Å². The predicted octanol–water partition coefficient (Wildman–Crippen LogP) is 3.70. The van der Waals surface area contributed by atoms with Crippen LogP contribution in [0.25, 0.3) is 0 Å². The van der Waals surface area contributed by atoms with Crippen LogP contribution in [0.2, 0.25) is 10.0 Å². The van der Waals surface area contributed by atoms with Gasteiger partial charge in [0, 0.05) is 26.8 Å². The van der Waals surface area contributed by atoms with Crippen molar-refractivity contribution in [2.24, 2.45) is 0 Å². The van der Waals surface area contributed by atoms with Gasteiger partial charge in [-0.2, -0.15) is 0 Å². The van der Waals surface area contributed by atoms with Crippen LogP contribution in [-0.2, 0) is 4.79 Å². The summed E-state index contributed by atoms with van der Waals surface area (Å²) in [7, 11) is 0. The van der Waals surface area contributed by atoms with Gasteiger partial charge in [0.1, 0.15) is 5.82 Å². The van der Waals surface area contributed by atoms with Crippen LogP contribution in [0.3, 0.4) is 0 Å². The van der Waals surface area contributed by atoms with Crippen molar-refractivity contribution in [1.82, 2.24) is 4.98 Å². The van der Waals surface area contributed by atoms with Crippen molar-refractivity contribution >= 4 is 52.4 Å². The van der Waals surface area contributed by atoms with Crippen molar-refractivity contribution in [3.63, 3.8) is 0 Å². The van der Waals surface area contributed by atoms with Crippen LogP contribution < -0.4 is 11.1 Å². The number of benzene rings is 1. The van der Waals surface area contributed by atoms with E-state index in [1.807, 2.05) is 6.07 Å². The number of hydrogen-bond acceptors (Lipinski definition) is 4. The summed E-state index contributed by atoms with van der Waals surface area (Å²) in [4.78, 5) is 16.6. The van der Waals surface area contributed by atoms with E-state index in [0.29, 0.717) is 21.6 Å². The molecule has 3 N–H and O–H groups in total. The van der Waals surface area contributed by atoms with Crippen molar-refractivity contribution in [3.8, 4) is 0 Å². The van der Waals surface area contributed by atoms with Crippen molar-refractivity contribution in [1.29, 1.82) is 0 Å². The zero-order chi connectivity index (χ0) is 14.5. The molecule has 0 aliphatic carbocycles. The topological polar surface area (TPSA) is 68.0 Å². The van der Waals surface area contributed by atoms with Crippen LogP contribution in [0.15, 0.2) is 41.4 Å². The number of nitrogens with zero attached hydrogens (tertiary/aromatic N) is 1. The third-order valence-electron chi connectivity index (χ3n) is 2.28. The molecule has 4 nitrogen and oxygen atoms in total. The fourth-order valence-electron chi connectivity index (χ4n) is 1.45. The molecule has 1 heterocycles. The molecule has 1 amide bonds. The summed E-state index contributed by atoms with van der Waals surface area (Å²) in [6.07, 6.45) is 1.63. The van der Waals surface area contributed by atoms with E-state index < -0.39 is 0 Å². The highest BCUT2D eigenvalue weighted by Gasteiger charge is 2.05. The van der Waals surface area contributed by atoms with Gasteiger partial charge >= 0.3 is 0 Å². The minimum atomic E-state index is -0.148. The van der Waals surface area contributed by atoms with Crippen molar-refractivity contribution in [3.05, 3.63) is 46.6 Å². The van der Waals surface area contributed by atoms with Gasteiger partial charge in [0.15, 0.2) is 0 Å². The summed E-state index contributed by atoms with van der Waals surface area (Å²) >= 11 is 13.1. The normalized spacial score (nSPS) is 10.3.